The van der Waals surface area contributed by atoms with E-state index in [0.29, 0.717) is 17.5 Å². The van der Waals surface area contributed by atoms with Crippen LogP contribution >= 0.6 is 35.3 Å². The van der Waals surface area contributed by atoms with Gasteiger partial charge in [-0.1, -0.05) is 11.6 Å². The van der Waals surface area contributed by atoms with Crippen LogP contribution in [0, 0.1) is 0 Å². The number of halogens is 2. The predicted octanol–water partition coefficient (Wildman–Crippen LogP) is 0.961. The second-order valence-electron chi connectivity index (χ2n) is 3.97. The maximum atomic E-state index is 11.7. The topological polar surface area (TPSA) is 70.6 Å². The van der Waals surface area contributed by atoms with Gasteiger partial charge in [-0.15, -0.1) is 23.7 Å². The van der Waals surface area contributed by atoms with Gasteiger partial charge in [-0.25, -0.2) is 0 Å². The molecule has 1 aromatic rings. The number of amides is 1. The van der Waals surface area contributed by atoms with Gasteiger partial charge in [0.05, 0.1) is 10.9 Å². The highest BCUT2D eigenvalue weighted by molar-refractivity contribution is 7.16. The maximum absolute atomic E-state index is 11.7. The fraction of sp³-hybridized carbons (Fsp3) is 0.545. The summed E-state index contributed by atoms with van der Waals surface area (Å²) in [4.78, 5) is 12.5. The number of nitrogens with one attached hydrogen (secondary N) is 2. The van der Waals surface area contributed by atoms with Gasteiger partial charge in [-0.05, 0) is 12.1 Å². The van der Waals surface area contributed by atoms with E-state index in [1.807, 2.05) is 0 Å². The molecule has 2 rings (SSSR count). The molecule has 2 heterocycles. The predicted molar refractivity (Wildman–Crippen MR) is 77.2 cm³/mol. The lowest BCUT2D eigenvalue weighted by Crippen LogP contribution is -2.48. The SMILES string of the molecule is Cl.O=C(NCC(O)c1ccc(Cl)s1)C1CNCCO1. The second-order valence-corrected chi connectivity index (χ2v) is 5.71. The first kappa shape index (κ1) is 16.7. The molecule has 1 aliphatic rings. The number of carbonyl (C=O) groups is 1. The van der Waals surface area contributed by atoms with Crippen LogP contribution in [0.2, 0.25) is 4.34 Å². The van der Waals surface area contributed by atoms with Crippen molar-refractivity contribution in [3.63, 3.8) is 0 Å². The van der Waals surface area contributed by atoms with E-state index in [2.05, 4.69) is 10.6 Å². The highest BCUT2D eigenvalue weighted by Gasteiger charge is 2.22. The number of hydrogen-bond donors (Lipinski definition) is 3. The molecule has 0 saturated carbocycles. The zero-order chi connectivity index (χ0) is 13.0. The molecule has 2 unspecified atom stereocenters. The van der Waals surface area contributed by atoms with E-state index in [0.717, 1.165) is 11.4 Å². The Bertz CT molecular complexity index is 410. The Kier molecular flexibility index (Phi) is 7.06. The van der Waals surface area contributed by atoms with Crippen LogP contribution in [0.1, 0.15) is 11.0 Å². The molecule has 0 aliphatic carbocycles. The summed E-state index contributed by atoms with van der Waals surface area (Å²) < 4.78 is 5.93. The van der Waals surface area contributed by atoms with Crippen molar-refractivity contribution in [3.05, 3.63) is 21.3 Å². The Morgan fingerprint density at radius 2 is 2.47 bits per heavy atom. The molecule has 19 heavy (non-hydrogen) atoms. The molecule has 0 aromatic carbocycles. The summed E-state index contributed by atoms with van der Waals surface area (Å²) in [6, 6.07) is 3.48. The lowest BCUT2D eigenvalue weighted by Gasteiger charge is -2.23. The van der Waals surface area contributed by atoms with Crippen molar-refractivity contribution >= 4 is 41.3 Å². The molecule has 1 aromatic heterocycles. The van der Waals surface area contributed by atoms with Crippen LogP contribution in [-0.2, 0) is 9.53 Å². The van der Waals surface area contributed by atoms with Gasteiger partial charge in [-0.3, -0.25) is 4.79 Å². The summed E-state index contributed by atoms with van der Waals surface area (Å²) in [7, 11) is 0. The normalized spacial score (nSPS) is 20.4. The van der Waals surface area contributed by atoms with Gasteiger partial charge in [-0.2, -0.15) is 0 Å². The first-order chi connectivity index (χ1) is 8.66. The molecule has 1 aliphatic heterocycles. The Hall–Kier alpha value is -0.370. The van der Waals surface area contributed by atoms with Crippen LogP contribution in [0.3, 0.4) is 0 Å². The van der Waals surface area contributed by atoms with E-state index in [-0.39, 0.29) is 24.9 Å². The number of ether oxygens (including phenoxy) is 1. The first-order valence-corrected chi connectivity index (χ1v) is 6.89. The van der Waals surface area contributed by atoms with Gasteiger partial charge in [0, 0.05) is 24.5 Å². The molecule has 5 nitrogen and oxygen atoms in total. The summed E-state index contributed by atoms with van der Waals surface area (Å²) in [6.45, 7) is 1.96. The van der Waals surface area contributed by atoms with Crippen molar-refractivity contribution in [3.8, 4) is 0 Å². The number of hydrogen-bond acceptors (Lipinski definition) is 5. The number of carbonyl (C=O) groups excluding carboxylic acids is 1. The van der Waals surface area contributed by atoms with E-state index < -0.39 is 12.2 Å². The summed E-state index contributed by atoms with van der Waals surface area (Å²) in [5.41, 5.74) is 0. The molecule has 1 saturated heterocycles. The molecule has 1 fully saturated rings. The van der Waals surface area contributed by atoms with Gasteiger partial charge in [0.25, 0.3) is 5.91 Å². The minimum atomic E-state index is -0.733. The molecule has 0 spiro atoms. The van der Waals surface area contributed by atoms with E-state index in [4.69, 9.17) is 16.3 Å². The molecule has 1 amide bonds. The highest BCUT2D eigenvalue weighted by atomic mass is 35.5. The van der Waals surface area contributed by atoms with Crippen molar-refractivity contribution < 1.29 is 14.6 Å². The minimum Gasteiger partial charge on any atom is -0.386 e. The summed E-state index contributed by atoms with van der Waals surface area (Å²) in [5.74, 6) is -0.205. The molecule has 0 bridgehead atoms. The smallest absolute Gasteiger partial charge is 0.250 e. The first-order valence-electron chi connectivity index (χ1n) is 5.70. The Morgan fingerprint density at radius 1 is 1.68 bits per heavy atom. The lowest BCUT2D eigenvalue weighted by molar-refractivity contribution is -0.134. The van der Waals surface area contributed by atoms with Crippen molar-refractivity contribution in [2.45, 2.75) is 12.2 Å². The Balaban J connectivity index is 0.00000180. The number of aliphatic hydroxyl groups excluding tert-OH is 1. The third-order valence-electron chi connectivity index (χ3n) is 2.61. The maximum Gasteiger partial charge on any atom is 0.250 e. The number of morpholine rings is 1. The van der Waals surface area contributed by atoms with Gasteiger partial charge in [0.15, 0.2) is 0 Å². The third kappa shape index (κ3) is 4.91. The molecule has 3 N–H and O–H groups in total. The molecule has 0 radical (unpaired) electrons. The van der Waals surface area contributed by atoms with E-state index >= 15 is 0 Å². The molecule has 2 atom stereocenters. The molecular weight excluding hydrogens is 311 g/mol. The Morgan fingerprint density at radius 3 is 3.05 bits per heavy atom. The third-order valence-corrected chi connectivity index (χ3v) is 3.94. The fourth-order valence-electron chi connectivity index (χ4n) is 1.65. The van der Waals surface area contributed by atoms with Crippen molar-refractivity contribution in [1.82, 2.24) is 10.6 Å². The van der Waals surface area contributed by atoms with Crippen LogP contribution in [0.25, 0.3) is 0 Å². The van der Waals surface area contributed by atoms with Crippen molar-refractivity contribution in [2.75, 3.05) is 26.2 Å². The van der Waals surface area contributed by atoms with Crippen LogP contribution in [0.4, 0.5) is 0 Å². The lowest BCUT2D eigenvalue weighted by atomic mass is 10.2. The summed E-state index contributed by atoms with van der Waals surface area (Å²) in [5, 5.41) is 15.6. The molecular formula is C11H16Cl2N2O3S. The van der Waals surface area contributed by atoms with Gasteiger partial charge in [0.2, 0.25) is 0 Å². The second kappa shape index (κ2) is 8.04. The van der Waals surface area contributed by atoms with Crippen LogP contribution < -0.4 is 10.6 Å². The Labute approximate surface area is 126 Å². The highest BCUT2D eigenvalue weighted by Crippen LogP contribution is 2.26. The van der Waals surface area contributed by atoms with Crippen LogP contribution in [-0.4, -0.2) is 43.4 Å². The standard InChI is InChI=1S/C11H15ClN2O3S.ClH/c12-10-2-1-9(18-10)7(15)5-14-11(16)8-6-13-3-4-17-8;/h1-2,7-8,13,15H,3-6H2,(H,14,16);1H. The van der Waals surface area contributed by atoms with Gasteiger partial charge >= 0.3 is 0 Å². The largest absolute Gasteiger partial charge is 0.386 e. The average Bonchev–Trinajstić information content (AvgIpc) is 2.83. The number of thiophene rings is 1. The summed E-state index contributed by atoms with van der Waals surface area (Å²) in [6.07, 6.45) is -1.21. The average molecular weight is 327 g/mol. The quantitative estimate of drug-likeness (QED) is 0.770. The van der Waals surface area contributed by atoms with Crippen LogP contribution in [0.15, 0.2) is 12.1 Å². The monoisotopic (exact) mass is 326 g/mol. The van der Waals surface area contributed by atoms with Gasteiger partial charge < -0.3 is 20.5 Å². The van der Waals surface area contributed by atoms with E-state index in [1.54, 1.807) is 12.1 Å². The van der Waals surface area contributed by atoms with Crippen LogP contribution in [0.5, 0.6) is 0 Å². The molecule has 108 valence electrons. The number of aliphatic hydroxyl groups is 1. The fourth-order valence-corrected chi connectivity index (χ4v) is 2.70. The van der Waals surface area contributed by atoms with Crippen molar-refractivity contribution in [2.24, 2.45) is 0 Å². The number of rotatable bonds is 4. The van der Waals surface area contributed by atoms with E-state index in [1.165, 1.54) is 11.3 Å². The van der Waals surface area contributed by atoms with Gasteiger partial charge in [0.1, 0.15) is 12.2 Å². The zero-order valence-electron chi connectivity index (χ0n) is 10.1. The van der Waals surface area contributed by atoms with E-state index in [9.17, 15) is 9.90 Å². The van der Waals surface area contributed by atoms with Crippen molar-refractivity contribution in [1.29, 1.82) is 0 Å². The minimum absolute atomic E-state index is 0. The summed E-state index contributed by atoms with van der Waals surface area (Å²) >= 11 is 7.08. The zero-order valence-corrected chi connectivity index (χ0v) is 12.5. The molecule has 8 heteroatoms.